The maximum atomic E-state index is 11.5. The molecule has 0 spiro atoms. The first-order valence-corrected chi connectivity index (χ1v) is 7.23. The largest absolute Gasteiger partial charge is 0.460 e. The summed E-state index contributed by atoms with van der Waals surface area (Å²) >= 11 is 0. The maximum Gasteiger partial charge on any atom is 0.379 e. The van der Waals surface area contributed by atoms with Gasteiger partial charge < -0.3 is 9.26 Å². The number of aromatic nitrogens is 2. The number of hydrogen-bond donors (Lipinski definition) is 0. The molecule has 0 aliphatic carbocycles. The molecule has 0 saturated heterocycles. The van der Waals surface area contributed by atoms with Gasteiger partial charge in [0.05, 0.1) is 6.61 Å². The third-order valence-corrected chi connectivity index (χ3v) is 3.37. The van der Waals surface area contributed by atoms with Crippen molar-refractivity contribution >= 4 is 16.7 Å². The fourth-order valence-corrected chi connectivity index (χ4v) is 2.28. The predicted octanol–water partition coefficient (Wildman–Crippen LogP) is 3.18. The summed E-state index contributed by atoms with van der Waals surface area (Å²) in [5.41, 5.74) is 1.19. The van der Waals surface area contributed by atoms with Crippen molar-refractivity contribution in [3.63, 3.8) is 0 Å². The Kier molecular flexibility index (Phi) is 4.14. The first-order chi connectivity index (χ1) is 10.8. The zero-order valence-corrected chi connectivity index (χ0v) is 12.3. The van der Waals surface area contributed by atoms with Crippen LogP contribution in [0, 0.1) is 0 Å². The molecule has 5 heteroatoms. The van der Waals surface area contributed by atoms with E-state index in [1.54, 1.807) is 6.92 Å². The molecule has 0 N–H and O–H groups in total. The molecule has 3 aromatic rings. The van der Waals surface area contributed by atoms with Gasteiger partial charge in [0.1, 0.15) is 0 Å². The van der Waals surface area contributed by atoms with Crippen LogP contribution in [0.3, 0.4) is 0 Å². The van der Waals surface area contributed by atoms with E-state index < -0.39 is 5.97 Å². The molecule has 2 aromatic carbocycles. The van der Waals surface area contributed by atoms with E-state index in [9.17, 15) is 4.79 Å². The number of fused-ring (bicyclic) bond motifs is 1. The summed E-state index contributed by atoms with van der Waals surface area (Å²) in [5.74, 6) is -0.130. The van der Waals surface area contributed by atoms with Crippen LogP contribution in [0.1, 0.15) is 29.0 Å². The highest BCUT2D eigenvalue weighted by atomic mass is 16.5. The van der Waals surface area contributed by atoms with Crippen molar-refractivity contribution in [3.05, 3.63) is 59.7 Å². The highest BCUT2D eigenvalue weighted by molar-refractivity contribution is 5.84. The van der Waals surface area contributed by atoms with Gasteiger partial charge in [0, 0.05) is 6.42 Å². The molecule has 22 heavy (non-hydrogen) atoms. The molecule has 5 nitrogen and oxygen atoms in total. The van der Waals surface area contributed by atoms with E-state index >= 15 is 0 Å². The summed E-state index contributed by atoms with van der Waals surface area (Å²) in [6.07, 6.45) is 1.36. The van der Waals surface area contributed by atoms with Crippen LogP contribution in [0.4, 0.5) is 0 Å². The molecule has 0 saturated carbocycles. The van der Waals surface area contributed by atoms with Crippen LogP contribution >= 0.6 is 0 Å². The molecule has 0 aliphatic rings. The van der Waals surface area contributed by atoms with Crippen LogP contribution in [-0.4, -0.2) is 22.7 Å². The van der Waals surface area contributed by atoms with E-state index in [0.717, 1.165) is 6.42 Å². The van der Waals surface area contributed by atoms with Crippen LogP contribution in [0.5, 0.6) is 0 Å². The second-order valence-electron chi connectivity index (χ2n) is 4.91. The summed E-state index contributed by atoms with van der Waals surface area (Å²) in [5, 5.41) is 6.06. The topological polar surface area (TPSA) is 65.2 Å². The molecule has 0 aliphatic heterocycles. The third kappa shape index (κ3) is 3.14. The van der Waals surface area contributed by atoms with Gasteiger partial charge >= 0.3 is 5.97 Å². The van der Waals surface area contributed by atoms with E-state index in [4.69, 9.17) is 9.26 Å². The van der Waals surface area contributed by atoms with Gasteiger partial charge in [-0.3, -0.25) is 0 Å². The van der Waals surface area contributed by atoms with Crippen LogP contribution < -0.4 is 0 Å². The van der Waals surface area contributed by atoms with Crippen molar-refractivity contribution in [1.29, 1.82) is 0 Å². The number of carbonyl (C=O) groups excluding carboxylic acids is 1. The summed E-state index contributed by atoms with van der Waals surface area (Å²) in [7, 11) is 0. The fourth-order valence-electron chi connectivity index (χ4n) is 2.28. The van der Waals surface area contributed by atoms with Crippen molar-refractivity contribution in [1.82, 2.24) is 10.1 Å². The van der Waals surface area contributed by atoms with E-state index in [1.807, 2.05) is 12.1 Å². The Hall–Kier alpha value is -2.69. The van der Waals surface area contributed by atoms with E-state index in [2.05, 4.69) is 40.5 Å². The standard InChI is InChI=1S/C17H16N2O3/c1-2-21-17(20)16-18-15(22-19-16)10-8-12-7-9-13-5-3-4-6-14(13)11-12/h3-7,9,11H,2,8,10H2,1H3. The van der Waals surface area contributed by atoms with Crippen molar-refractivity contribution in [2.24, 2.45) is 0 Å². The number of hydrogen-bond acceptors (Lipinski definition) is 5. The second-order valence-corrected chi connectivity index (χ2v) is 4.91. The minimum absolute atomic E-state index is 0.0182. The lowest BCUT2D eigenvalue weighted by molar-refractivity contribution is 0.0508. The molecule has 0 amide bonds. The Morgan fingerprint density at radius 3 is 2.77 bits per heavy atom. The smallest absolute Gasteiger partial charge is 0.379 e. The first-order valence-electron chi connectivity index (χ1n) is 7.23. The molecule has 0 bridgehead atoms. The average molecular weight is 296 g/mol. The number of rotatable bonds is 5. The lowest BCUT2D eigenvalue weighted by atomic mass is 10.0. The van der Waals surface area contributed by atoms with Gasteiger partial charge in [0.25, 0.3) is 5.82 Å². The van der Waals surface area contributed by atoms with Crippen molar-refractivity contribution < 1.29 is 14.1 Å². The molecular weight excluding hydrogens is 280 g/mol. The van der Waals surface area contributed by atoms with Gasteiger partial charge in [-0.1, -0.05) is 42.5 Å². The number of ether oxygens (including phenoxy) is 1. The highest BCUT2D eigenvalue weighted by Gasteiger charge is 2.15. The molecule has 3 rings (SSSR count). The number of carbonyl (C=O) groups is 1. The van der Waals surface area contributed by atoms with Crippen molar-refractivity contribution in [2.45, 2.75) is 19.8 Å². The van der Waals surface area contributed by atoms with Gasteiger partial charge in [0.2, 0.25) is 5.89 Å². The normalized spacial score (nSPS) is 10.8. The summed E-state index contributed by atoms with van der Waals surface area (Å²) in [4.78, 5) is 15.5. The zero-order valence-electron chi connectivity index (χ0n) is 12.3. The van der Waals surface area contributed by atoms with Gasteiger partial charge in [-0.2, -0.15) is 4.98 Å². The molecule has 1 heterocycles. The lowest BCUT2D eigenvalue weighted by Crippen LogP contribution is -2.06. The quantitative estimate of drug-likeness (QED) is 0.676. The molecule has 1 aromatic heterocycles. The molecule has 112 valence electrons. The average Bonchev–Trinajstić information content (AvgIpc) is 3.02. The van der Waals surface area contributed by atoms with Crippen LogP contribution in [0.2, 0.25) is 0 Å². The van der Waals surface area contributed by atoms with Gasteiger partial charge in [0.15, 0.2) is 0 Å². The van der Waals surface area contributed by atoms with Crippen LogP contribution in [-0.2, 0) is 17.6 Å². The lowest BCUT2D eigenvalue weighted by Gasteiger charge is -2.02. The van der Waals surface area contributed by atoms with Crippen LogP contribution in [0.25, 0.3) is 10.8 Å². The van der Waals surface area contributed by atoms with E-state index in [-0.39, 0.29) is 5.82 Å². The SMILES string of the molecule is CCOC(=O)c1noc(CCc2ccc3ccccc3c2)n1. The number of aryl methyl sites for hydroxylation is 2. The van der Waals surface area contributed by atoms with Crippen LogP contribution in [0.15, 0.2) is 47.0 Å². The predicted molar refractivity (Wildman–Crippen MR) is 81.6 cm³/mol. The number of esters is 1. The Bertz CT molecular complexity index is 795. The minimum atomic E-state index is -0.553. The Labute approximate surface area is 127 Å². The monoisotopic (exact) mass is 296 g/mol. The second kappa shape index (κ2) is 6.39. The number of benzene rings is 2. The maximum absolute atomic E-state index is 11.5. The number of nitrogens with zero attached hydrogens (tertiary/aromatic N) is 2. The molecule has 0 unspecified atom stereocenters. The van der Waals surface area contributed by atoms with Crippen molar-refractivity contribution in [3.8, 4) is 0 Å². The van der Waals surface area contributed by atoms with Gasteiger partial charge in [-0.15, -0.1) is 0 Å². The summed E-state index contributed by atoms with van der Waals surface area (Å²) in [6.45, 7) is 2.03. The zero-order chi connectivity index (χ0) is 15.4. The van der Waals surface area contributed by atoms with E-state index in [1.165, 1.54) is 16.3 Å². The molecule has 0 atom stereocenters. The Balaban J connectivity index is 1.67. The third-order valence-electron chi connectivity index (χ3n) is 3.37. The summed E-state index contributed by atoms with van der Waals surface area (Å²) < 4.78 is 9.91. The molecule has 0 radical (unpaired) electrons. The minimum Gasteiger partial charge on any atom is -0.460 e. The van der Waals surface area contributed by atoms with Gasteiger partial charge in [-0.25, -0.2) is 4.79 Å². The highest BCUT2D eigenvalue weighted by Crippen LogP contribution is 2.16. The Morgan fingerprint density at radius 1 is 1.14 bits per heavy atom. The molecular formula is C17H16N2O3. The fraction of sp³-hybridized carbons (Fsp3) is 0.235. The summed E-state index contributed by atoms with van der Waals surface area (Å²) in [6, 6.07) is 14.6. The molecule has 0 fully saturated rings. The van der Waals surface area contributed by atoms with Gasteiger partial charge in [-0.05, 0) is 34.8 Å². The van der Waals surface area contributed by atoms with Crippen molar-refractivity contribution in [2.75, 3.05) is 6.61 Å². The first kappa shape index (κ1) is 14.3. The Morgan fingerprint density at radius 2 is 1.95 bits per heavy atom. The van der Waals surface area contributed by atoms with E-state index in [0.29, 0.717) is 18.9 Å².